The molecule has 6 fully saturated rings. The number of nitriles is 2. The van der Waals surface area contributed by atoms with Crippen molar-refractivity contribution in [3.05, 3.63) is 58.7 Å². The zero-order valence-corrected chi connectivity index (χ0v) is 33.9. The fourth-order valence-corrected chi connectivity index (χ4v) is 8.86. The van der Waals surface area contributed by atoms with E-state index < -0.39 is 118 Å². The number of likely N-dealkylation sites (tertiary alicyclic amines) is 2. The van der Waals surface area contributed by atoms with E-state index >= 15 is 0 Å². The zero-order chi connectivity index (χ0) is 45.8. The summed E-state index contributed by atoms with van der Waals surface area (Å²) in [4.78, 5) is 84.0. The Morgan fingerprint density at radius 1 is 0.613 bits per heavy atom. The Kier molecular flexibility index (Phi) is 10.2. The van der Waals surface area contributed by atoms with Gasteiger partial charge in [0.1, 0.15) is 23.3 Å². The smallest absolute Gasteiger partial charge is 0.417 e. The fraction of sp³-hybridized carbons (Fsp3) is 0.500. The number of carbonyl (C=O) groups is 6. The molecule has 6 saturated heterocycles. The standard InChI is InChI=1S/2C20H19F3N4O4/c2*1-19(2,3)31-18(30)25-9-12-7-14(25)15-16(28)27(17(29)26(12)15)11-5-4-10(8-24)13(6-11)20(21,22)23/h2*4-6,12,14-15H,7,9H2,1-3H3/t2*12?,14?,15-/m11/s1. The van der Waals surface area contributed by atoms with Crippen LogP contribution in [0.4, 0.5) is 56.9 Å². The number of ether oxygens (including phenoxy) is 2. The van der Waals surface area contributed by atoms with Crippen LogP contribution < -0.4 is 9.80 Å². The van der Waals surface area contributed by atoms with E-state index in [-0.39, 0.29) is 24.5 Å². The number of carbonyl (C=O) groups excluding carboxylic acids is 6. The molecule has 8 amide bonds. The van der Waals surface area contributed by atoms with Gasteiger partial charge >= 0.3 is 36.6 Å². The van der Waals surface area contributed by atoms with Crippen LogP contribution in [0, 0.1) is 22.7 Å². The number of urea groups is 2. The summed E-state index contributed by atoms with van der Waals surface area (Å²) in [5.74, 6) is -1.41. The number of piperazine rings is 2. The van der Waals surface area contributed by atoms with Crippen molar-refractivity contribution in [2.45, 2.75) is 114 Å². The van der Waals surface area contributed by atoms with Crippen molar-refractivity contribution in [1.29, 1.82) is 10.5 Å². The highest BCUT2D eigenvalue weighted by atomic mass is 19.4. The third-order valence-corrected chi connectivity index (χ3v) is 11.2. The SMILES string of the molecule is CC(C)(C)OC(=O)N1CC2CC1[C@@H]1C(=O)N(c3ccc(C#N)c(C(F)(F)F)c3)C(=O)N21.CC(C)(C)OC(=O)N1CC2CC1[C@@H]1C(=O)N(c3ccc(C#N)c(C(F)(F)F)c3)C(=O)N21. The highest BCUT2D eigenvalue weighted by molar-refractivity contribution is 6.23. The molecule has 2 aromatic rings. The second-order valence-electron chi connectivity index (χ2n) is 17.5. The minimum atomic E-state index is -4.82. The average molecular weight is 873 g/mol. The van der Waals surface area contributed by atoms with Gasteiger partial charge in [-0.15, -0.1) is 0 Å². The van der Waals surface area contributed by atoms with Gasteiger partial charge in [-0.3, -0.25) is 9.59 Å². The van der Waals surface area contributed by atoms with Crippen molar-refractivity contribution >= 4 is 47.4 Å². The third-order valence-electron chi connectivity index (χ3n) is 11.2. The van der Waals surface area contributed by atoms with Crippen molar-refractivity contribution in [2.24, 2.45) is 0 Å². The largest absolute Gasteiger partial charge is 0.444 e. The Morgan fingerprint density at radius 2 is 0.952 bits per heavy atom. The van der Waals surface area contributed by atoms with Crippen LogP contribution in [0.2, 0.25) is 0 Å². The van der Waals surface area contributed by atoms with Gasteiger partial charge in [0.2, 0.25) is 0 Å². The van der Waals surface area contributed by atoms with Crippen LogP contribution >= 0.6 is 0 Å². The number of nitrogens with zero attached hydrogens (tertiary/aromatic N) is 8. The summed E-state index contributed by atoms with van der Waals surface area (Å²) in [7, 11) is 0. The molecule has 6 aliphatic rings. The molecule has 328 valence electrons. The molecule has 0 aliphatic carbocycles. The number of alkyl halides is 6. The van der Waals surface area contributed by atoms with Gasteiger partial charge in [-0.1, -0.05) is 0 Å². The summed E-state index contributed by atoms with van der Waals surface area (Å²) in [6.45, 7) is 10.6. The quantitative estimate of drug-likeness (QED) is 0.248. The van der Waals surface area contributed by atoms with E-state index in [1.165, 1.54) is 31.7 Å². The first-order valence-corrected chi connectivity index (χ1v) is 19.2. The molecule has 2 aromatic carbocycles. The topological polar surface area (TPSA) is 188 Å². The summed E-state index contributed by atoms with van der Waals surface area (Å²) in [5.41, 5.74) is -5.67. The molecule has 4 bridgehead atoms. The molecule has 0 radical (unpaired) electrons. The van der Waals surface area contributed by atoms with Crippen LogP contribution in [-0.4, -0.2) is 116 Å². The van der Waals surface area contributed by atoms with Gasteiger partial charge in [0.15, 0.2) is 0 Å². The summed E-state index contributed by atoms with van der Waals surface area (Å²) >= 11 is 0. The normalized spacial score (nSPS) is 25.2. The van der Waals surface area contributed by atoms with Crippen molar-refractivity contribution in [3.8, 4) is 12.1 Å². The molecule has 6 heterocycles. The van der Waals surface area contributed by atoms with Gasteiger partial charge in [-0.05, 0) is 90.8 Å². The second-order valence-corrected chi connectivity index (χ2v) is 17.5. The fourth-order valence-electron chi connectivity index (χ4n) is 8.86. The molecule has 0 saturated carbocycles. The zero-order valence-electron chi connectivity index (χ0n) is 33.9. The van der Waals surface area contributed by atoms with Gasteiger partial charge in [-0.2, -0.15) is 36.9 Å². The first-order chi connectivity index (χ1) is 28.7. The predicted octanol–water partition coefficient (Wildman–Crippen LogP) is 6.21. The number of anilines is 2. The third kappa shape index (κ3) is 7.34. The number of benzene rings is 2. The molecule has 22 heteroatoms. The van der Waals surface area contributed by atoms with Crippen LogP contribution in [0.1, 0.15) is 76.6 Å². The van der Waals surface area contributed by atoms with Crippen molar-refractivity contribution in [3.63, 3.8) is 0 Å². The number of hydrogen-bond donors (Lipinski definition) is 0. The maximum absolute atomic E-state index is 13.3. The summed E-state index contributed by atoms with van der Waals surface area (Å²) in [6, 6.07) is 2.83. The highest BCUT2D eigenvalue weighted by Gasteiger charge is 2.65. The molecule has 16 nitrogen and oxygen atoms in total. The summed E-state index contributed by atoms with van der Waals surface area (Å²) < 4.78 is 90.7. The van der Waals surface area contributed by atoms with Crippen LogP contribution in [0.3, 0.4) is 0 Å². The molecule has 0 N–H and O–H groups in total. The van der Waals surface area contributed by atoms with Gasteiger partial charge < -0.3 is 29.1 Å². The van der Waals surface area contributed by atoms with Gasteiger partial charge in [0, 0.05) is 13.1 Å². The minimum Gasteiger partial charge on any atom is -0.444 e. The lowest BCUT2D eigenvalue weighted by Crippen LogP contribution is -2.55. The second kappa shape index (κ2) is 14.5. The maximum atomic E-state index is 13.3. The maximum Gasteiger partial charge on any atom is 0.417 e. The van der Waals surface area contributed by atoms with Crippen LogP contribution in [0.5, 0.6) is 0 Å². The van der Waals surface area contributed by atoms with Crippen LogP contribution in [0.15, 0.2) is 36.4 Å². The molecule has 4 unspecified atom stereocenters. The molecular weight excluding hydrogens is 834 g/mol. The molecule has 0 aromatic heterocycles. The lowest BCUT2D eigenvalue weighted by molar-refractivity contribution is -0.138. The Balaban J connectivity index is 0.000000186. The Labute approximate surface area is 349 Å². The molecule has 8 rings (SSSR count). The molecule has 0 spiro atoms. The highest BCUT2D eigenvalue weighted by Crippen LogP contribution is 2.46. The Hall–Kier alpha value is -6.58. The Morgan fingerprint density at radius 3 is 1.24 bits per heavy atom. The van der Waals surface area contributed by atoms with Gasteiger partial charge in [0.25, 0.3) is 11.8 Å². The number of amides is 8. The van der Waals surface area contributed by atoms with Crippen LogP contribution in [-0.2, 0) is 31.4 Å². The van der Waals surface area contributed by atoms with Gasteiger partial charge in [-0.25, -0.2) is 29.0 Å². The van der Waals surface area contributed by atoms with E-state index in [1.807, 2.05) is 0 Å². The van der Waals surface area contributed by atoms with Crippen molar-refractivity contribution < 1.29 is 64.6 Å². The summed E-state index contributed by atoms with van der Waals surface area (Å²) in [6.07, 6.45) is -10.1. The molecule has 6 atom stereocenters. The first-order valence-electron chi connectivity index (χ1n) is 19.2. The predicted molar refractivity (Wildman–Crippen MR) is 200 cm³/mol. The number of halogens is 6. The number of hydrogen-bond acceptors (Lipinski definition) is 10. The van der Waals surface area contributed by atoms with Gasteiger partial charge in [0.05, 0.1) is 69.9 Å². The molecule has 6 aliphatic heterocycles. The lowest BCUT2D eigenvalue weighted by Gasteiger charge is -2.35. The number of imide groups is 2. The Bertz CT molecular complexity index is 2220. The van der Waals surface area contributed by atoms with E-state index in [9.17, 15) is 55.1 Å². The van der Waals surface area contributed by atoms with E-state index in [2.05, 4.69) is 0 Å². The first kappa shape index (κ1) is 43.5. The average Bonchev–Trinajstić information content (AvgIpc) is 4.01. The van der Waals surface area contributed by atoms with E-state index in [1.54, 1.807) is 41.5 Å². The van der Waals surface area contributed by atoms with E-state index in [0.717, 1.165) is 24.3 Å². The number of rotatable bonds is 2. The monoisotopic (exact) mass is 872 g/mol. The molecular formula is C40H38F6N8O8. The van der Waals surface area contributed by atoms with E-state index in [4.69, 9.17) is 20.0 Å². The minimum absolute atomic E-state index is 0.185. The molecule has 62 heavy (non-hydrogen) atoms. The summed E-state index contributed by atoms with van der Waals surface area (Å²) in [5, 5.41) is 17.9. The van der Waals surface area contributed by atoms with Crippen molar-refractivity contribution in [2.75, 3.05) is 22.9 Å². The van der Waals surface area contributed by atoms with Crippen molar-refractivity contribution in [1.82, 2.24) is 19.6 Å². The lowest BCUT2D eigenvalue weighted by atomic mass is 10.1. The number of fused-ring (bicyclic) bond motifs is 10. The van der Waals surface area contributed by atoms with E-state index in [0.29, 0.717) is 34.8 Å². The van der Waals surface area contributed by atoms with Crippen LogP contribution in [0.25, 0.3) is 0 Å².